The van der Waals surface area contributed by atoms with Gasteiger partial charge in [-0.2, -0.15) is 0 Å². The summed E-state index contributed by atoms with van der Waals surface area (Å²) >= 11 is 0. The molecule has 25 heavy (non-hydrogen) atoms. The van der Waals surface area contributed by atoms with Gasteiger partial charge < -0.3 is 16.2 Å². The topological polar surface area (TPSA) is 100 Å². The predicted octanol–water partition coefficient (Wildman–Crippen LogP) is 3.21. The van der Waals surface area contributed by atoms with Gasteiger partial charge in [0.15, 0.2) is 0 Å². The normalized spacial score (nSPS) is 10.6. The molecule has 0 aliphatic heterocycles. The fourth-order valence-electron chi connectivity index (χ4n) is 2.79. The van der Waals surface area contributed by atoms with E-state index in [0.29, 0.717) is 18.9 Å². The van der Waals surface area contributed by atoms with Crippen molar-refractivity contribution in [2.45, 2.75) is 13.5 Å². The second kappa shape index (κ2) is 7.19. The first-order valence-electron chi connectivity index (χ1n) is 8.08. The van der Waals surface area contributed by atoms with Crippen molar-refractivity contribution >= 4 is 22.6 Å². The summed E-state index contributed by atoms with van der Waals surface area (Å²) in [6.45, 7) is 2.77. The molecular formula is C19H20N4O2. The number of aromatic hydroxyl groups is 1. The van der Waals surface area contributed by atoms with E-state index < -0.39 is 0 Å². The average molecular weight is 336 g/mol. The third kappa shape index (κ3) is 3.54. The lowest BCUT2D eigenvalue weighted by atomic mass is 9.96. The van der Waals surface area contributed by atoms with Gasteiger partial charge in [0.2, 0.25) is 0 Å². The third-order valence-corrected chi connectivity index (χ3v) is 3.95. The monoisotopic (exact) mass is 336 g/mol. The number of nitrogens with zero attached hydrogens (tertiary/aromatic N) is 1. The first kappa shape index (κ1) is 16.7. The molecule has 0 aliphatic rings. The van der Waals surface area contributed by atoms with Crippen molar-refractivity contribution in [3.8, 4) is 16.9 Å². The molecule has 0 radical (unpaired) electrons. The second-order valence-electron chi connectivity index (χ2n) is 5.63. The number of amides is 2. The van der Waals surface area contributed by atoms with Crippen LogP contribution in [0.15, 0.2) is 48.7 Å². The van der Waals surface area contributed by atoms with Gasteiger partial charge >= 0.3 is 6.03 Å². The molecule has 128 valence electrons. The summed E-state index contributed by atoms with van der Waals surface area (Å²) < 4.78 is 0. The van der Waals surface area contributed by atoms with E-state index in [4.69, 9.17) is 5.73 Å². The summed E-state index contributed by atoms with van der Waals surface area (Å²) in [5.74, 6) is 0.650. The zero-order valence-electron chi connectivity index (χ0n) is 13.9. The molecule has 0 saturated carbocycles. The largest absolute Gasteiger partial charge is 0.508 e. The van der Waals surface area contributed by atoms with Gasteiger partial charge in [-0.1, -0.05) is 24.3 Å². The van der Waals surface area contributed by atoms with E-state index in [1.807, 2.05) is 31.2 Å². The average Bonchev–Trinajstić information content (AvgIpc) is 2.60. The molecule has 0 aliphatic carbocycles. The van der Waals surface area contributed by atoms with E-state index in [1.54, 1.807) is 24.4 Å². The highest BCUT2D eigenvalue weighted by Gasteiger charge is 2.11. The van der Waals surface area contributed by atoms with Crippen molar-refractivity contribution in [3.05, 3.63) is 54.2 Å². The van der Waals surface area contributed by atoms with Crippen LogP contribution in [0.4, 0.5) is 10.6 Å². The Balaban J connectivity index is 2.14. The van der Waals surface area contributed by atoms with Gasteiger partial charge in [0.05, 0.1) is 0 Å². The number of hydrogen-bond acceptors (Lipinski definition) is 4. The Bertz CT molecular complexity index is 924. The molecule has 0 saturated heterocycles. The number of pyridine rings is 1. The molecule has 6 nitrogen and oxygen atoms in total. The highest BCUT2D eigenvalue weighted by molar-refractivity contribution is 6.00. The molecule has 0 spiro atoms. The summed E-state index contributed by atoms with van der Waals surface area (Å²) in [7, 11) is 0. The molecule has 6 heteroatoms. The minimum atomic E-state index is -0.303. The maximum Gasteiger partial charge on any atom is 0.320 e. The van der Waals surface area contributed by atoms with Crippen LogP contribution in [0.5, 0.6) is 5.75 Å². The number of phenolic OH excluding ortho intramolecular Hbond substituents is 1. The van der Waals surface area contributed by atoms with Gasteiger partial charge in [0, 0.05) is 24.7 Å². The number of nitrogens with two attached hydrogens (primary N) is 1. The number of fused-ring (bicyclic) bond motifs is 1. The van der Waals surface area contributed by atoms with Crippen molar-refractivity contribution in [1.29, 1.82) is 0 Å². The fourth-order valence-corrected chi connectivity index (χ4v) is 2.79. The van der Waals surface area contributed by atoms with Crippen LogP contribution in [-0.2, 0) is 6.54 Å². The molecule has 3 aromatic rings. The highest BCUT2D eigenvalue weighted by Crippen LogP contribution is 2.33. The molecule has 1 heterocycles. The Morgan fingerprint density at radius 2 is 2.04 bits per heavy atom. The van der Waals surface area contributed by atoms with E-state index in [2.05, 4.69) is 15.6 Å². The number of hydrogen-bond donors (Lipinski definition) is 4. The number of urea groups is 1. The molecular weight excluding hydrogens is 316 g/mol. The minimum Gasteiger partial charge on any atom is -0.508 e. The van der Waals surface area contributed by atoms with Gasteiger partial charge in [0.25, 0.3) is 0 Å². The van der Waals surface area contributed by atoms with E-state index >= 15 is 0 Å². The SMILES string of the molecule is CCNC(=O)Nc1cc2c(-c3cccc(O)c3)ccc(CN)c2cn1. The summed E-state index contributed by atoms with van der Waals surface area (Å²) in [6.07, 6.45) is 1.71. The maximum atomic E-state index is 11.8. The maximum absolute atomic E-state index is 11.8. The Hall–Kier alpha value is -3.12. The number of phenols is 1. The smallest absolute Gasteiger partial charge is 0.320 e. The van der Waals surface area contributed by atoms with Crippen molar-refractivity contribution in [2.24, 2.45) is 5.73 Å². The van der Waals surface area contributed by atoms with E-state index in [0.717, 1.165) is 27.5 Å². The van der Waals surface area contributed by atoms with Crippen LogP contribution in [0.2, 0.25) is 0 Å². The summed E-state index contributed by atoms with van der Waals surface area (Å²) in [4.78, 5) is 16.1. The standard InChI is InChI=1S/C19H20N4O2/c1-2-21-19(25)23-18-9-16-15(12-4-3-5-14(24)8-12)7-6-13(10-20)17(16)11-22-18/h3-9,11,24H,2,10,20H2,1H3,(H2,21,22,23,25). The number of anilines is 1. The second-order valence-corrected chi connectivity index (χ2v) is 5.63. The number of benzene rings is 2. The van der Waals surface area contributed by atoms with Gasteiger partial charge in [0.1, 0.15) is 11.6 Å². The predicted molar refractivity (Wildman–Crippen MR) is 99.4 cm³/mol. The van der Waals surface area contributed by atoms with E-state index in [-0.39, 0.29) is 11.8 Å². The van der Waals surface area contributed by atoms with Crippen molar-refractivity contribution in [3.63, 3.8) is 0 Å². The van der Waals surface area contributed by atoms with Gasteiger partial charge in [-0.15, -0.1) is 0 Å². The highest BCUT2D eigenvalue weighted by atomic mass is 16.3. The number of carbonyl (C=O) groups is 1. The lowest BCUT2D eigenvalue weighted by Gasteiger charge is -2.13. The molecule has 0 unspecified atom stereocenters. The van der Waals surface area contributed by atoms with E-state index in [1.165, 1.54) is 0 Å². The van der Waals surface area contributed by atoms with Crippen LogP contribution in [0.25, 0.3) is 21.9 Å². The van der Waals surface area contributed by atoms with Crippen LogP contribution >= 0.6 is 0 Å². The third-order valence-electron chi connectivity index (χ3n) is 3.95. The molecule has 5 N–H and O–H groups in total. The van der Waals surface area contributed by atoms with Crippen molar-refractivity contribution in [2.75, 3.05) is 11.9 Å². The van der Waals surface area contributed by atoms with E-state index in [9.17, 15) is 9.90 Å². The first-order chi connectivity index (χ1) is 12.1. The summed E-state index contributed by atoms with van der Waals surface area (Å²) in [5, 5.41) is 17.0. The molecule has 0 fully saturated rings. The number of rotatable bonds is 4. The van der Waals surface area contributed by atoms with Gasteiger partial charge in [-0.05, 0) is 47.2 Å². The Kier molecular flexibility index (Phi) is 4.81. The minimum absolute atomic E-state index is 0.197. The van der Waals surface area contributed by atoms with Gasteiger partial charge in [-0.25, -0.2) is 9.78 Å². The Morgan fingerprint density at radius 1 is 1.20 bits per heavy atom. The van der Waals surface area contributed by atoms with Crippen LogP contribution in [0.3, 0.4) is 0 Å². The Labute approximate surface area is 145 Å². The Morgan fingerprint density at radius 3 is 2.76 bits per heavy atom. The van der Waals surface area contributed by atoms with Gasteiger partial charge in [-0.3, -0.25) is 5.32 Å². The molecule has 3 rings (SSSR count). The van der Waals surface area contributed by atoms with Crippen LogP contribution in [0.1, 0.15) is 12.5 Å². The first-order valence-corrected chi connectivity index (χ1v) is 8.08. The zero-order valence-corrected chi connectivity index (χ0v) is 13.9. The molecule has 0 bridgehead atoms. The fraction of sp³-hybridized carbons (Fsp3) is 0.158. The molecule has 2 amide bonds. The summed E-state index contributed by atoms with van der Waals surface area (Å²) in [5.41, 5.74) is 8.62. The molecule has 0 atom stereocenters. The lowest BCUT2D eigenvalue weighted by molar-refractivity contribution is 0.252. The van der Waals surface area contributed by atoms with Crippen molar-refractivity contribution in [1.82, 2.24) is 10.3 Å². The number of carbonyl (C=O) groups excluding carboxylic acids is 1. The van der Waals surface area contributed by atoms with Crippen molar-refractivity contribution < 1.29 is 9.90 Å². The van der Waals surface area contributed by atoms with Crippen LogP contribution in [-0.4, -0.2) is 22.7 Å². The summed E-state index contributed by atoms with van der Waals surface area (Å²) in [6, 6.07) is 12.5. The van der Waals surface area contributed by atoms with Crippen LogP contribution < -0.4 is 16.4 Å². The quantitative estimate of drug-likeness (QED) is 0.588. The number of aromatic nitrogens is 1. The molecule has 2 aromatic carbocycles. The van der Waals surface area contributed by atoms with Crippen LogP contribution in [0, 0.1) is 0 Å². The molecule has 1 aromatic heterocycles. The zero-order chi connectivity index (χ0) is 17.8. The lowest BCUT2D eigenvalue weighted by Crippen LogP contribution is -2.28. The number of nitrogens with one attached hydrogen (secondary N) is 2.